The molecule has 8 nitrogen and oxygen atoms in total. The molecule has 1 amide bonds. The molecule has 0 unspecified atom stereocenters. The van der Waals surface area contributed by atoms with Crippen LogP contribution in [-0.4, -0.2) is 39.3 Å². The summed E-state index contributed by atoms with van der Waals surface area (Å²) in [7, 11) is -2.25. The molecule has 0 aliphatic rings. The van der Waals surface area contributed by atoms with Gasteiger partial charge in [-0.1, -0.05) is 18.2 Å². The Bertz CT molecular complexity index is 1210. The summed E-state index contributed by atoms with van der Waals surface area (Å²) in [6, 6.07) is 19.0. The predicted octanol–water partition coefficient (Wildman–Crippen LogP) is 3.38. The minimum Gasteiger partial charge on any atom is -0.504 e. The molecule has 0 spiro atoms. The average Bonchev–Trinajstić information content (AvgIpc) is 2.81. The first kappa shape index (κ1) is 22.8. The zero-order valence-corrected chi connectivity index (χ0v) is 18.4. The molecule has 0 saturated carbocycles. The summed E-state index contributed by atoms with van der Waals surface area (Å²) >= 11 is 0. The molecule has 0 aliphatic heterocycles. The molecule has 3 rings (SSSR count). The summed E-state index contributed by atoms with van der Waals surface area (Å²) in [4.78, 5) is 12.5. The summed E-state index contributed by atoms with van der Waals surface area (Å²) in [5.74, 6) is -0.106. The van der Waals surface area contributed by atoms with Crippen LogP contribution in [0.2, 0.25) is 0 Å². The van der Waals surface area contributed by atoms with Gasteiger partial charge >= 0.3 is 0 Å². The van der Waals surface area contributed by atoms with Gasteiger partial charge < -0.3 is 9.84 Å². The van der Waals surface area contributed by atoms with Crippen molar-refractivity contribution in [3.8, 4) is 11.5 Å². The van der Waals surface area contributed by atoms with E-state index in [9.17, 15) is 18.3 Å². The second kappa shape index (κ2) is 9.97. The van der Waals surface area contributed by atoms with E-state index in [1.165, 1.54) is 43.6 Å². The van der Waals surface area contributed by atoms with Crippen LogP contribution >= 0.6 is 0 Å². The number of nitrogens with one attached hydrogen (secondary N) is 1. The Balaban J connectivity index is 1.66. The van der Waals surface area contributed by atoms with E-state index in [-0.39, 0.29) is 10.6 Å². The maximum Gasteiger partial charge on any atom is 0.271 e. The molecule has 0 fully saturated rings. The third kappa shape index (κ3) is 5.25. The fraction of sp³-hybridized carbons (Fsp3) is 0.130. The molecular formula is C23H23N3O5S. The van der Waals surface area contributed by atoms with Crippen molar-refractivity contribution in [2.45, 2.75) is 11.8 Å². The predicted molar refractivity (Wildman–Crippen MR) is 123 cm³/mol. The van der Waals surface area contributed by atoms with Gasteiger partial charge in [-0.25, -0.2) is 13.8 Å². The molecule has 9 heteroatoms. The first-order chi connectivity index (χ1) is 15.3. The highest BCUT2D eigenvalue weighted by molar-refractivity contribution is 7.92. The lowest BCUT2D eigenvalue weighted by molar-refractivity contribution is 0.0955. The molecule has 3 aromatic carbocycles. The summed E-state index contributed by atoms with van der Waals surface area (Å²) in [5, 5.41) is 13.6. The highest BCUT2D eigenvalue weighted by atomic mass is 32.2. The van der Waals surface area contributed by atoms with Crippen molar-refractivity contribution in [3.05, 3.63) is 83.9 Å². The second-order valence-corrected chi connectivity index (χ2v) is 8.66. The van der Waals surface area contributed by atoms with Crippen molar-refractivity contribution in [2.24, 2.45) is 5.10 Å². The van der Waals surface area contributed by atoms with Crippen LogP contribution in [-0.2, 0) is 10.0 Å². The number of ether oxygens (including phenoxy) is 1. The number of carbonyl (C=O) groups is 1. The number of amides is 1. The fourth-order valence-corrected chi connectivity index (χ4v) is 4.04. The van der Waals surface area contributed by atoms with Crippen molar-refractivity contribution < 1.29 is 23.1 Å². The summed E-state index contributed by atoms with van der Waals surface area (Å²) in [6.45, 7) is 2.21. The summed E-state index contributed by atoms with van der Waals surface area (Å²) < 4.78 is 31.9. The van der Waals surface area contributed by atoms with Crippen LogP contribution in [0.25, 0.3) is 0 Å². The highest BCUT2D eigenvalue weighted by Gasteiger charge is 2.21. The van der Waals surface area contributed by atoms with Crippen LogP contribution in [0.1, 0.15) is 22.8 Å². The number of sulfonamides is 1. The smallest absolute Gasteiger partial charge is 0.271 e. The van der Waals surface area contributed by atoms with Crippen LogP contribution in [0.15, 0.2) is 82.8 Å². The molecule has 166 valence electrons. The van der Waals surface area contributed by atoms with E-state index in [0.717, 1.165) is 4.31 Å². The first-order valence-corrected chi connectivity index (χ1v) is 11.2. The second-order valence-electron chi connectivity index (χ2n) is 6.69. The minimum absolute atomic E-state index is 0.0207. The minimum atomic E-state index is -3.70. The lowest BCUT2D eigenvalue weighted by Crippen LogP contribution is -2.26. The van der Waals surface area contributed by atoms with Gasteiger partial charge in [0.2, 0.25) is 0 Å². The van der Waals surface area contributed by atoms with Crippen molar-refractivity contribution in [1.82, 2.24) is 5.43 Å². The van der Waals surface area contributed by atoms with Gasteiger partial charge in [0.1, 0.15) is 0 Å². The average molecular weight is 454 g/mol. The maximum absolute atomic E-state index is 12.7. The number of nitrogens with zero attached hydrogens (tertiary/aromatic N) is 2. The zero-order valence-electron chi connectivity index (χ0n) is 17.6. The highest BCUT2D eigenvalue weighted by Crippen LogP contribution is 2.26. The molecule has 3 aromatic rings. The molecule has 0 heterocycles. The van der Waals surface area contributed by atoms with E-state index < -0.39 is 15.9 Å². The number of anilines is 1. The number of phenols is 1. The topological polar surface area (TPSA) is 108 Å². The normalized spacial score (nSPS) is 11.3. The van der Waals surface area contributed by atoms with E-state index in [1.807, 2.05) is 0 Å². The first-order valence-electron chi connectivity index (χ1n) is 9.76. The number of hydrazone groups is 1. The zero-order chi connectivity index (χ0) is 23.1. The van der Waals surface area contributed by atoms with E-state index in [4.69, 9.17) is 4.74 Å². The van der Waals surface area contributed by atoms with Gasteiger partial charge in [-0.2, -0.15) is 5.10 Å². The number of aromatic hydroxyl groups is 1. The third-order valence-electron chi connectivity index (χ3n) is 4.56. The van der Waals surface area contributed by atoms with Crippen molar-refractivity contribution in [2.75, 3.05) is 18.0 Å². The Morgan fingerprint density at radius 3 is 2.44 bits per heavy atom. The molecule has 2 N–H and O–H groups in total. The Morgan fingerprint density at radius 2 is 1.78 bits per heavy atom. The van der Waals surface area contributed by atoms with Crippen LogP contribution in [0.3, 0.4) is 0 Å². The van der Waals surface area contributed by atoms with Crippen molar-refractivity contribution in [3.63, 3.8) is 0 Å². The number of rotatable bonds is 8. The van der Waals surface area contributed by atoms with Gasteiger partial charge in [-0.05, 0) is 67.1 Å². The van der Waals surface area contributed by atoms with E-state index in [2.05, 4.69) is 10.5 Å². The lowest BCUT2D eigenvalue weighted by atomic mass is 10.2. The largest absolute Gasteiger partial charge is 0.504 e. The van der Waals surface area contributed by atoms with Crippen molar-refractivity contribution >= 4 is 27.8 Å². The molecule has 0 saturated heterocycles. The molecule has 0 aliphatic carbocycles. The number of hydrogen-bond acceptors (Lipinski definition) is 6. The number of benzene rings is 3. The molecule has 0 atom stereocenters. The van der Waals surface area contributed by atoms with Gasteiger partial charge in [0.05, 0.1) is 23.4 Å². The van der Waals surface area contributed by atoms with Gasteiger partial charge in [-0.3, -0.25) is 9.10 Å². The Kier molecular flexibility index (Phi) is 7.11. The number of hydrogen-bond donors (Lipinski definition) is 2. The van der Waals surface area contributed by atoms with E-state index >= 15 is 0 Å². The van der Waals surface area contributed by atoms with Gasteiger partial charge in [0.15, 0.2) is 11.5 Å². The van der Waals surface area contributed by atoms with Gasteiger partial charge in [0.25, 0.3) is 15.9 Å². The SMILES string of the molecule is CCOc1cc(C=NNC(=O)c2ccc(N(C)S(=O)(=O)c3ccccc3)cc2)ccc1O. The van der Waals surface area contributed by atoms with Crippen molar-refractivity contribution in [1.29, 1.82) is 0 Å². The third-order valence-corrected chi connectivity index (χ3v) is 6.36. The summed E-state index contributed by atoms with van der Waals surface area (Å²) in [6.07, 6.45) is 1.43. The Morgan fingerprint density at radius 1 is 1.09 bits per heavy atom. The molecule has 0 radical (unpaired) electrons. The molecule has 0 bridgehead atoms. The molecular weight excluding hydrogens is 430 g/mol. The van der Waals surface area contributed by atoms with Crippen LogP contribution in [0.4, 0.5) is 5.69 Å². The van der Waals surface area contributed by atoms with Gasteiger partial charge in [0, 0.05) is 12.6 Å². The summed E-state index contributed by atoms with van der Waals surface area (Å²) in [5.41, 5.74) is 3.78. The van der Waals surface area contributed by atoms with Crippen LogP contribution in [0, 0.1) is 0 Å². The van der Waals surface area contributed by atoms with Crippen LogP contribution in [0.5, 0.6) is 11.5 Å². The Hall–Kier alpha value is -3.85. The number of carbonyl (C=O) groups excluding carboxylic acids is 1. The Labute approximate surface area is 186 Å². The maximum atomic E-state index is 12.7. The quantitative estimate of drug-likeness (QED) is 0.402. The van der Waals surface area contributed by atoms with E-state index in [1.54, 1.807) is 49.4 Å². The molecule has 32 heavy (non-hydrogen) atoms. The van der Waals surface area contributed by atoms with Gasteiger partial charge in [-0.15, -0.1) is 0 Å². The van der Waals surface area contributed by atoms with Crippen LogP contribution < -0.4 is 14.5 Å². The number of phenolic OH excluding ortho intramolecular Hbond substituents is 1. The fourth-order valence-electron chi connectivity index (χ4n) is 2.82. The standard InChI is InChI=1S/C23H23N3O5S/c1-3-31-22-15-17(9-14-21(22)27)16-24-25-23(28)18-10-12-19(13-11-18)26(2)32(29,30)20-7-5-4-6-8-20/h4-16,27H,3H2,1-2H3,(H,25,28). The van der Waals surface area contributed by atoms with E-state index in [0.29, 0.717) is 29.2 Å². The monoisotopic (exact) mass is 453 g/mol. The molecule has 0 aromatic heterocycles. The lowest BCUT2D eigenvalue weighted by Gasteiger charge is -2.19.